The van der Waals surface area contributed by atoms with Crippen molar-refractivity contribution in [3.05, 3.63) is 0 Å². The van der Waals surface area contributed by atoms with Gasteiger partial charge in [-0.2, -0.15) is 0 Å². The van der Waals surface area contributed by atoms with E-state index in [0.29, 0.717) is 5.75 Å². The fourth-order valence-electron chi connectivity index (χ4n) is 0.469. The Morgan fingerprint density at radius 3 is 2.00 bits per heavy atom. The van der Waals surface area contributed by atoms with Crippen LogP contribution in [0.2, 0.25) is 0 Å². The Morgan fingerprint density at radius 1 is 1.50 bits per heavy atom. The Bertz CT molecular complexity index is 124. The van der Waals surface area contributed by atoms with Crippen LogP contribution < -0.4 is 0 Å². The molecule has 0 aliphatic rings. The zero-order valence-electron chi connectivity index (χ0n) is 7.05. The van der Waals surface area contributed by atoms with E-state index in [9.17, 15) is 4.21 Å². The molecule has 1 N–H and O–H groups in total. The summed E-state index contributed by atoms with van der Waals surface area (Å²) in [6.45, 7) is 7.38. The Morgan fingerprint density at radius 2 is 1.90 bits per heavy atom. The number of hydrogen-bond donors (Lipinski definition) is 1. The molecule has 0 radical (unpaired) electrons. The normalized spacial score (nSPS) is 18.5. The van der Waals surface area contributed by atoms with Gasteiger partial charge in [0.25, 0.3) is 0 Å². The lowest BCUT2D eigenvalue weighted by Crippen LogP contribution is -2.28. The van der Waals surface area contributed by atoms with Crippen LogP contribution in [-0.4, -0.2) is 25.9 Å². The second-order valence-electron chi connectivity index (χ2n) is 3.47. The van der Waals surface area contributed by atoms with Crippen molar-refractivity contribution in [3.63, 3.8) is 0 Å². The van der Waals surface area contributed by atoms with Gasteiger partial charge in [-0.1, -0.05) is 0 Å². The van der Waals surface area contributed by atoms with Crippen molar-refractivity contribution >= 4 is 10.8 Å². The van der Waals surface area contributed by atoms with E-state index in [1.54, 1.807) is 6.92 Å². The van der Waals surface area contributed by atoms with Gasteiger partial charge in [0.05, 0.1) is 6.10 Å². The van der Waals surface area contributed by atoms with Crippen LogP contribution in [0.1, 0.15) is 27.7 Å². The van der Waals surface area contributed by atoms with Gasteiger partial charge in [-0.15, -0.1) is 0 Å². The molecule has 0 aromatic heterocycles. The standard InChI is InChI=1S/C7H16O2S/c1-6(8)5-10(9)7(2,3)4/h6,8H,5H2,1-4H3. The summed E-state index contributed by atoms with van der Waals surface area (Å²) in [5.41, 5.74) is 0. The summed E-state index contributed by atoms with van der Waals surface area (Å²) in [6, 6.07) is 0. The lowest BCUT2D eigenvalue weighted by molar-refractivity contribution is 0.219. The van der Waals surface area contributed by atoms with Crippen LogP contribution in [-0.2, 0) is 10.8 Å². The molecular weight excluding hydrogens is 148 g/mol. The Balaban J connectivity index is 3.87. The molecule has 0 heterocycles. The lowest BCUT2D eigenvalue weighted by atomic mass is 10.3. The predicted molar refractivity (Wildman–Crippen MR) is 44.4 cm³/mol. The van der Waals surface area contributed by atoms with Crippen molar-refractivity contribution in [1.29, 1.82) is 0 Å². The Hall–Kier alpha value is 0.110. The molecule has 2 atom stereocenters. The molecule has 0 aromatic carbocycles. The van der Waals surface area contributed by atoms with Gasteiger partial charge in [0.1, 0.15) is 0 Å². The molecule has 2 unspecified atom stereocenters. The van der Waals surface area contributed by atoms with E-state index >= 15 is 0 Å². The van der Waals surface area contributed by atoms with E-state index in [1.807, 2.05) is 20.8 Å². The van der Waals surface area contributed by atoms with Crippen LogP contribution in [0, 0.1) is 0 Å². The summed E-state index contributed by atoms with van der Waals surface area (Å²) < 4.78 is 11.0. The van der Waals surface area contributed by atoms with E-state index in [-0.39, 0.29) is 4.75 Å². The van der Waals surface area contributed by atoms with Gasteiger partial charge in [-0.3, -0.25) is 4.21 Å². The molecule has 0 aliphatic carbocycles. The van der Waals surface area contributed by atoms with Crippen molar-refractivity contribution in [2.45, 2.75) is 38.5 Å². The number of aliphatic hydroxyl groups is 1. The average Bonchev–Trinajstić information content (AvgIpc) is 1.60. The first kappa shape index (κ1) is 10.1. The molecule has 0 saturated carbocycles. The molecule has 10 heavy (non-hydrogen) atoms. The van der Waals surface area contributed by atoms with E-state index in [4.69, 9.17) is 5.11 Å². The molecule has 0 aliphatic heterocycles. The van der Waals surface area contributed by atoms with Gasteiger partial charge < -0.3 is 5.11 Å². The molecule has 0 rings (SSSR count). The lowest BCUT2D eigenvalue weighted by Gasteiger charge is -2.18. The third-order valence-electron chi connectivity index (χ3n) is 1.08. The summed E-state index contributed by atoms with van der Waals surface area (Å²) in [6.07, 6.45) is -0.458. The number of rotatable bonds is 2. The molecule has 0 saturated heterocycles. The van der Waals surface area contributed by atoms with E-state index in [0.717, 1.165) is 0 Å². The van der Waals surface area contributed by atoms with Crippen molar-refractivity contribution in [2.75, 3.05) is 5.75 Å². The van der Waals surface area contributed by atoms with Gasteiger partial charge >= 0.3 is 0 Å². The Kier molecular flexibility index (Phi) is 3.52. The van der Waals surface area contributed by atoms with Crippen molar-refractivity contribution in [2.24, 2.45) is 0 Å². The van der Waals surface area contributed by atoms with Gasteiger partial charge in [0.15, 0.2) is 0 Å². The summed E-state index contributed by atoms with van der Waals surface area (Å²) in [5, 5.41) is 8.89. The topological polar surface area (TPSA) is 37.3 Å². The van der Waals surface area contributed by atoms with Crippen molar-refractivity contribution in [1.82, 2.24) is 0 Å². The molecule has 0 spiro atoms. The zero-order valence-corrected chi connectivity index (χ0v) is 7.86. The molecule has 0 aromatic rings. The van der Waals surface area contributed by atoms with E-state index < -0.39 is 16.9 Å². The predicted octanol–water partition coefficient (Wildman–Crippen LogP) is 0.914. The smallest absolute Gasteiger partial charge is 0.0627 e. The van der Waals surface area contributed by atoms with Crippen LogP contribution in [0.3, 0.4) is 0 Å². The number of aliphatic hydroxyl groups excluding tert-OH is 1. The Labute approximate surface area is 65.1 Å². The zero-order chi connectivity index (χ0) is 8.36. The van der Waals surface area contributed by atoms with E-state index in [2.05, 4.69) is 0 Å². The summed E-state index contributed by atoms with van der Waals surface area (Å²) in [7, 11) is -0.917. The van der Waals surface area contributed by atoms with Gasteiger partial charge in [-0.25, -0.2) is 0 Å². The first-order valence-electron chi connectivity index (χ1n) is 3.40. The monoisotopic (exact) mass is 164 g/mol. The van der Waals surface area contributed by atoms with Crippen LogP contribution in [0.4, 0.5) is 0 Å². The maximum absolute atomic E-state index is 11.2. The highest BCUT2D eigenvalue weighted by Crippen LogP contribution is 2.11. The SMILES string of the molecule is CC(O)CS(=O)C(C)(C)C. The second kappa shape index (κ2) is 3.49. The van der Waals surface area contributed by atoms with E-state index in [1.165, 1.54) is 0 Å². The van der Waals surface area contributed by atoms with Gasteiger partial charge in [0, 0.05) is 21.3 Å². The molecule has 2 nitrogen and oxygen atoms in total. The largest absolute Gasteiger partial charge is 0.392 e. The third kappa shape index (κ3) is 4.01. The minimum Gasteiger partial charge on any atom is -0.392 e. The van der Waals surface area contributed by atoms with Crippen LogP contribution in [0.15, 0.2) is 0 Å². The molecule has 0 bridgehead atoms. The molecule has 0 fully saturated rings. The average molecular weight is 164 g/mol. The minimum atomic E-state index is -0.917. The third-order valence-corrected chi connectivity index (χ3v) is 3.23. The fraction of sp³-hybridized carbons (Fsp3) is 1.00. The highest BCUT2D eigenvalue weighted by atomic mass is 32.2. The van der Waals surface area contributed by atoms with Gasteiger partial charge in [0.2, 0.25) is 0 Å². The van der Waals surface area contributed by atoms with Crippen molar-refractivity contribution < 1.29 is 9.32 Å². The number of hydrogen-bond acceptors (Lipinski definition) is 2. The maximum atomic E-state index is 11.2. The molecule has 3 heteroatoms. The maximum Gasteiger partial charge on any atom is 0.0627 e. The summed E-state index contributed by atoms with van der Waals surface area (Å²) >= 11 is 0. The minimum absolute atomic E-state index is 0.197. The highest BCUT2D eigenvalue weighted by molar-refractivity contribution is 7.86. The van der Waals surface area contributed by atoms with Gasteiger partial charge in [-0.05, 0) is 27.7 Å². The second-order valence-corrected chi connectivity index (χ2v) is 5.72. The first-order valence-corrected chi connectivity index (χ1v) is 4.72. The van der Waals surface area contributed by atoms with Crippen LogP contribution in [0.5, 0.6) is 0 Å². The quantitative estimate of drug-likeness (QED) is 0.659. The van der Waals surface area contributed by atoms with Crippen LogP contribution in [0.25, 0.3) is 0 Å². The first-order chi connectivity index (χ1) is 4.34. The highest BCUT2D eigenvalue weighted by Gasteiger charge is 2.20. The fourth-order valence-corrected chi connectivity index (χ4v) is 1.41. The van der Waals surface area contributed by atoms with Crippen molar-refractivity contribution in [3.8, 4) is 0 Å². The summed E-state index contributed by atoms with van der Waals surface area (Å²) in [5.74, 6) is 0.378. The molecule has 0 amide bonds. The molecule has 62 valence electrons. The van der Waals surface area contributed by atoms with Crippen LogP contribution >= 0.6 is 0 Å². The summed E-state index contributed by atoms with van der Waals surface area (Å²) in [4.78, 5) is 0. The molecular formula is C7H16O2S.